The molecule has 0 amide bonds. The molecular formula is C16H24N2O3. The summed E-state index contributed by atoms with van der Waals surface area (Å²) in [5.41, 5.74) is 1.17. The summed E-state index contributed by atoms with van der Waals surface area (Å²) in [5, 5.41) is 12.3. The average Bonchev–Trinajstić information content (AvgIpc) is 2.95. The van der Waals surface area contributed by atoms with Crippen LogP contribution in [0.2, 0.25) is 0 Å². The normalized spacial score (nSPS) is 19.5. The van der Waals surface area contributed by atoms with Gasteiger partial charge in [-0.15, -0.1) is 0 Å². The number of carboxylic acid groups (broad SMARTS) is 1. The van der Waals surface area contributed by atoms with Crippen LogP contribution in [0.4, 0.5) is 5.69 Å². The molecule has 5 nitrogen and oxygen atoms in total. The van der Waals surface area contributed by atoms with Crippen LogP contribution in [-0.4, -0.2) is 43.9 Å². The molecule has 0 bridgehead atoms. The molecule has 1 aliphatic heterocycles. The van der Waals surface area contributed by atoms with E-state index in [4.69, 9.17) is 4.74 Å². The van der Waals surface area contributed by atoms with Crippen LogP contribution in [0.1, 0.15) is 19.8 Å². The molecule has 2 N–H and O–H groups in total. The Hall–Kier alpha value is -1.75. The van der Waals surface area contributed by atoms with Gasteiger partial charge in [-0.2, -0.15) is 0 Å². The Bertz CT molecular complexity index is 461. The lowest BCUT2D eigenvalue weighted by atomic mass is 9.99. The van der Waals surface area contributed by atoms with E-state index in [1.165, 1.54) is 5.69 Å². The van der Waals surface area contributed by atoms with E-state index in [9.17, 15) is 9.90 Å². The fraction of sp³-hybridized carbons (Fsp3) is 0.562. The highest BCUT2D eigenvalue weighted by atomic mass is 16.5. The first-order valence-corrected chi connectivity index (χ1v) is 7.49. The van der Waals surface area contributed by atoms with Crippen molar-refractivity contribution >= 4 is 11.7 Å². The number of methoxy groups -OCH3 is 1. The van der Waals surface area contributed by atoms with Crippen molar-refractivity contribution in [2.75, 3.05) is 31.6 Å². The molecule has 21 heavy (non-hydrogen) atoms. The number of anilines is 1. The van der Waals surface area contributed by atoms with Crippen LogP contribution in [0.5, 0.6) is 5.75 Å². The molecular weight excluding hydrogens is 268 g/mol. The zero-order chi connectivity index (χ0) is 15.2. The Labute approximate surface area is 125 Å². The lowest BCUT2D eigenvalue weighted by Gasteiger charge is -2.20. The molecule has 1 aromatic carbocycles. The third-order valence-electron chi connectivity index (χ3n) is 4.04. The van der Waals surface area contributed by atoms with E-state index >= 15 is 0 Å². The lowest BCUT2D eigenvalue weighted by molar-refractivity contribution is -0.139. The van der Waals surface area contributed by atoms with Crippen LogP contribution >= 0.6 is 0 Å². The predicted octanol–water partition coefficient (Wildman–Crippen LogP) is 1.97. The summed E-state index contributed by atoms with van der Waals surface area (Å²) in [4.78, 5) is 13.5. The number of rotatable bonds is 7. The second kappa shape index (κ2) is 7.31. The minimum Gasteiger partial charge on any atom is -0.497 e. The van der Waals surface area contributed by atoms with Crippen molar-refractivity contribution in [2.45, 2.75) is 25.8 Å². The van der Waals surface area contributed by atoms with Crippen molar-refractivity contribution in [3.63, 3.8) is 0 Å². The van der Waals surface area contributed by atoms with Gasteiger partial charge in [0.1, 0.15) is 11.8 Å². The minimum atomic E-state index is -0.750. The SMILES string of the molecule is CCNC(CC1CCN(c2ccc(OC)cc2)C1)C(=O)O. The van der Waals surface area contributed by atoms with Crippen LogP contribution in [-0.2, 0) is 4.79 Å². The van der Waals surface area contributed by atoms with E-state index in [0.29, 0.717) is 18.9 Å². The van der Waals surface area contributed by atoms with Crippen LogP contribution < -0.4 is 15.0 Å². The first kappa shape index (κ1) is 15.6. The molecule has 2 unspecified atom stereocenters. The van der Waals surface area contributed by atoms with Crippen LogP contribution in [0.25, 0.3) is 0 Å². The minimum absolute atomic E-state index is 0.423. The molecule has 0 aromatic heterocycles. The van der Waals surface area contributed by atoms with Crippen molar-refractivity contribution < 1.29 is 14.6 Å². The second-order valence-corrected chi connectivity index (χ2v) is 5.48. The van der Waals surface area contributed by atoms with Crippen molar-refractivity contribution in [2.24, 2.45) is 5.92 Å². The largest absolute Gasteiger partial charge is 0.497 e. The van der Waals surface area contributed by atoms with Crippen molar-refractivity contribution in [1.29, 1.82) is 0 Å². The summed E-state index contributed by atoms with van der Waals surface area (Å²) >= 11 is 0. The maximum absolute atomic E-state index is 11.2. The molecule has 0 saturated carbocycles. The number of carbonyl (C=O) groups is 1. The van der Waals surface area contributed by atoms with Gasteiger partial charge >= 0.3 is 5.97 Å². The van der Waals surface area contributed by atoms with Crippen LogP contribution in [0.3, 0.4) is 0 Å². The number of ether oxygens (including phenoxy) is 1. The molecule has 0 radical (unpaired) electrons. The Morgan fingerprint density at radius 3 is 2.76 bits per heavy atom. The van der Waals surface area contributed by atoms with Gasteiger partial charge in [0, 0.05) is 18.8 Å². The predicted molar refractivity (Wildman–Crippen MR) is 83.0 cm³/mol. The van der Waals surface area contributed by atoms with Gasteiger partial charge in [-0.05, 0) is 49.6 Å². The molecule has 2 atom stereocenters. The smallest absolute Gasteiger partial charge is 0.320 e. The number of nitrogens with one attached hydrogen (secondary N) is 1. The van der Waals surface area contributed by atoms with Gasteiger partial charge in [-0.1, -0.05) is 6.92 Å². The fourth-order valence-electron chi connectivity index (χ4n) is 2.90. The summed E-state index contributed by atoms with van der Waals surface area (Å²) in [5.74, 6) is 0.527. The summed E-state index contributed by atoms with van der Waals surface area (Å²) in [6.45, 7) is 4.52. The number of hydrogen-bond donors (Lipinski definition) is 2. The van der Waals surface area contributed by atoms with E-state index in [-0.39, 0.29) is 0 Å². The first-order chi connectivity index (χ1) is 10.1. The Morgan fingerprint density at radius 1 is 1.48 bits per heavy atom. The average molecular weight is 292 g/mol. The first-order valence-electron chi connectivity index (χ1n) is 7.49. The monoisotopic (exact) mass is 292 g/mol. The summed E-state index contributed by atoms with van der Waals surface area (Å²) in [6, 6.07) is 7.60. The van der Waals surface area contributed by atoms with E-state index in [0.717, 1.165) is 25.3 Å². The quantitative estimate of drug-likeness (QED) is 0.804. The molecule has 1 saturated heterocycles. The maximum Gasteiger partial charge on any atom is 0.320 e. The Balaban J connectivity index is 1.91. The van der Waals surface area contributed by atoms with Crippen molar-refractivity contribution in [1.82, 2.24) is 5.32 Å². The molecule has 116 valence electrons. The van der Waals surface area contributed by atoms with Gasteiger partial charge in [-0.25, -0.2) is 0 Å². The van der Waals surface area contributed by atoms with E-state index in [1.807, 2.05) is 19.1 Å². The highest BCUT2D eigenvalue weighted by Gasteiger charge is 2.28. The number of nitrogens with zero attached hydrogens (tertiary/aromatic N) is 1. The fourth-order valence-corrected chi connectivity index (χ4v) is 2.90. The molecule has 1 fully saturated rings. The van der Waals surface area contributed by atoms with E-state index < -0.39 is 12.0 Å². The highest BCUT2D eigenvalue weighted by Crippen LogP contribution is 2.27. The third-order valence-corrected chi connectivity index (χ3v) is 4.04. The zero-order valence-corrected chi connectivity index (χ0v) is 12.7. The topological polar surface area (TPSA) is 61.8 Å². The number of aliphatic carboxylic acids is 1. The molecule has 0 spiro atoms. The maximum atomic E-state index is 11.2. The van der Waals surface area contributed by atoms with Gasteiger partial charge in [0.15, 0.2) is 0 Å². The summed E-state index contributed by atoms with van der Waals surface area (Å²) in [7, 11) is 1.66. The van der Waals surface area contributed by atoms with E-state index in [1.54, 1.807) is 7.11 Å². The second-order valence-electron chi connectivity index (χ2n) is 5.48. The Morgan fingerprint density at radius 2 is 2.19 bits per heavy atom. The van der Waals surface area contributed by atoms with Gasteiger partial charge in [-0.3, -0.25) is 4.79 Å². The molecule has 1 heterocycles. The number of likely N-dealkylation sites (N-methyl/N-ethyl adjacent to an activating group) is 1. The molecule has 2 rings (SSSR count). The number of benzene rings is 1. The Kier molecular flexibility index (Phi) is 5.44. The van der Waals surface area contributed by atoms with E-state index in [2.05, 4.69) is 22.3 Å². The van der Waals surface area contributed by atoms with Gasteiger partial charge in [0.2, 0.25) is 0 Å². The van der Waals surface area contributed by atoms with Gasteiger partial charge in [0.05, 0.1) is 7.11 Å². The lowest BCUT2D eigenvalue weighted by Crippen LogP contribution is -2.38. The van der Waals surface area contributed by atoms with Crippen LogP contribution in [0, 0.1) is 5.92 Å². The standard InChI is InChI=1S/C16H24N2O3/c1-3-17-15(16(19)20)10-12-8-9-18(11-12)13-4-6-14(21-2)7-5-13/h4-7,12,15,17H,3,8-11H2,1-2H3,(H,19,20). The molecule has 5 heteroatoms. The molecule has 0 aliphatic carbocycles. The summed E-state index contributed by atoms with van der Waals surface area (Å²) < 4.78 is 5.17. The van der Waals surface area contributed by atoms with Crippen molar-refractivity contribution in [3.8, 4) is 5.75 Å². The number of carboxylic acids is 1. The number of hydrogen-bond acceptors (Lipinski definition) is 4. The summed E-state index contributed by atoms with van der Waals surface area (Å²) in [6.07, 6.45) is 1.73. The molecule has 1 aromatic rings. The van der Waals surface area contributed by atoms with Crippen LogP contribution in [0.15, 0.2) is 24.3 Å². The zero-order valence-electron chi connectivity index (χ0n) is 12.7. The molecule has 1 aliphatic rings. The highest BCUT2D eigenvalue weighted by molar-refractivity contribution is 5.73. The van der Waals surface area contributed by atoms with Gasteiger partial charge < -0.3 is 20.1 Å². The van der Waals surface area contributed by atoms with Crippen molar-refractivity contribution in [3.05, 3.63) is 24.3 Å². The van der Waals surface area contributed by atoms with Gasteiger partial charge in [0.25, 0.3) is 0 Å². The third kappa shape index (κ3) is 4.11.